The molecule has 14 heavy (non-hydrogen) atoms. The van der Waals surface area contributed by atoms with Gasteiger partial charge in [0.05, 0.1) is 6.61 Å². The average molecular weight is 197 g/mol. The van der Waals surface area contributed by atoms with Crippen LogP contribution in [0.3, 0.4) is 0 Å². The summed E-state index contributed by atoms with van der Waals surface area (Å²) in [5.41, 5.74) is 0. The van der Waals surface area contributed by atoms with Crippen LogP contribution in [-0.2, 0) is 14.3 Å². The van der Waals surface area contributed by atoms with E-state index in [2.05, 4.69) is 11.4 Å². The molecule has 78 valence electrons. The van der Waals surface area contributed by atoms with E-state index in [4.69, 9.17) is 4.74 Å². The molecule has 4 nitrogen and oxygen atoms in total. The van der Waals surface area contributed by atoms with Gasteiger partial charge in [0.2, 0.25) is 6.41 Å². The molecule has 0 aromatic rings. The van der Waals surface area contributed by atoms with E-state index in [0.29, 0.717) is 31.4 Å². The number of carbonyl (C=O) groups excluding carboxylic acids is 2. The fourth-order valence-corrected chi connectivity index (χ4v) is 1.56. The van der Waals surface area contributed by atoms with E-state index in [-0.39, 0.29) is 5.97 Å². The van der Waals surface area contributed by atoms with Gasteiger partial charge >= 0.3 is 5.97 Å². The second kappa shape index (κ2) is 5.42. The van der Waals surface area contributed by atoms with Crippen molar-refractivity contribution in [2.75, 3.05) is 13.2 Å². The minimum Gasteiger partial charge on any atom is -0.465 e. The highest BCUT2D eigenvalue weighted by Gasteiger charge is 2.19. The number of nitrogens with one attached hydrogen (secondary N) is 1. The molecule has 0 radical (unpaired) electrons. The largest absolute Gasteiger partial charge is 0.465 e. The minimum atomic E-state index is -0.243. The molecule has 0 heterocycles. The Bertz CT molecular complexity index is 238. The lowest BCUT2D eigenvalue weighted by molar-refractivity contribution is -0.141. The number of hydrogen-bond donors (Lipinski definition) is 1. The molecule has 1 N–H and O–H groups in total. The Balaban J connectivity index is 2.18. The van der Waals surface area contributed by atoms with Crippen molar-refractivity contribution in [1.82, 2.24) is 5.32 Å². The molecular weight excluding hydrogens is 182 g/mol. The van der Waals surface area contributed by atoms with Crippen LogP contribution < -0.4 is 5.32 Å². The van der Waals surface area contributed by atoms with E-state index in [9.17, 15) is 9.59 Å². The van der Waals surface area contributed by atoms with Crippen molar-refractivity contribution >= 4 is 12.4 Å². The van der Waals surface area contributed by atoms with Crippen LogP contribution in [0.1, 0.15) is 13.3 Å². The summed E-state index contributed by atoms with van der Waals surface area (Å²) in [7, 11) is 0. The van der Waals surface area contributed by atoms with Crippen molar-refractivity contribution in [3.8, 4) is 0 Å². The Kier molecular flexibility index (Phi) is 4.16. The first kappa shape index (κ1) is 10.8. The number of hydrogen-bond acceptors (Lipinski definition) is 3. The highest BCUT2D eigenvalue weighted by atomic mass is 16.5. The van der Waals surface area contributed by atoms with E-state index >= 15 is 0 Å². The second-order valence-corrected chi connectivity index (χ2v) is 3.47. The highest BCUT2D eigenvalue weighted by Crippen LogP contribution is 2.22. The number of rotatable bonds is 5. The Morgan fingerprint density at radius 1 is 1.57 bits per heavy atom. The summed E-state index contributed by atoms with van der Waals surface area (Å²) in [5.74, 6) is 0.436. The molecule has 4 heteroatoms. The first-order chi connectivity index (χ1) is 6.72. The van der Waals surface area contributed by atoms with Gasteiger partial charge in [-0.15, -0.1) is 0 Å². The van der Waals surface area contributed by atoms with Crippen LogP contribution >= 0.6 is 0 Å². The first-order valence-electron chi connectivity index (χ1n) is 4.71. The van der Waals surface area contributed by atoms with Gasteiger partial charge in [-0.1, -0.05) is 12.2 Å². The lowest BCUT2D eigenvalue weighted by atomic mass is 10.0. The molecule has 2 atom stereocenters. The van der Waals surface area contributed by atoms with Crippen LogP contribution in [0.5, 0.6) is 0 Å². The van der Waals surface area contributed by atoms with E-state index in [1.165, 1.54) is 6.92 Å². The van der Waals surface area contributed by atoms with Crippen LogP contribution in [-0.4, -0.2) is 25.5 Å². The fraction of sp³-hybridized carbons (Fsp3) is 0.600. The van der Waals surface area contributed by atoms with Crippen molar-refractivity contribution in [2.24, 2.45) is 11.8 Å². The Morgan fingerprint density at radius 2 is 2.29 bits per heavy atom. The molecule has 0 aromatic heterocycles. The molecule has 0 fully saturated rings. The average Bonchev–Trinajstić information content (AvgIpc) is 2.59. The van der Waals surface area contributed by atoms with Gasteiger partial charge in [0.25, 0.3) is 0 Å². The van der Waals surface area contributed by atoms with E-state index in [1.54, 1.807) is 0 Å². The van der Waals surface area contributed by atoms with Gasteiger partial charge in [-0.2, -0.15) is 0 Å². The summed E-state index contributed by atoms with van der Waals surface area (Å²) >= 11 is 0. The number of amides is 1. The van der Waals surface area contributed by atoms with Gasteiger partial charge in [-0.3, -0.25) is 9.59 Å². The Hall–Kier alpha value is -1.32. The second-order valence-electron chi connectivity index (χ2n) is 3.47. The van der Waals surface area contributed by atoms with Crippen LogP contribution in [0.4, 0.5) is 0 Å². The third-order valence-electron chi connectivity index (χ3n) is 2.22. The molecule has 0 unspecified atom stereocenters. The highest BCUT2D eigenvalue weighted by molar-refractivity contribution is 5.65. The summed E-state index contributed by atoms with van der Waals surface area (Å²) in [6.07, 6.45) is 5.74. The lowest BCUT2D eigenvalue weighted by Crippen LogP contribution is -2.20. The molecule has 1 aliphatic rings. The molecule has 0 saturated heterocycles. The molecule has 0 bridgehead atoms. The minimum absolute atomic E-state index is 0.243. The standard InChI is InChI=1S/C10H15NO3/c1-8(13)14-6-10-3-2-9(4-10)5-11-7-12/h2-3,7,9-10H,4-6H2,1H3,(H,11,12)/t9-,10+/m0/s1. The monoisotopic (exact) mass is 197 g/mol. The zero-order valence-corrected chi connectivity index (χ0v) is 8.23. The van der Waals surface area contributed by atoms with Crippen molar-refractivity contribution in [3.05, 3.63) is 12.2 Å². The molecule has 1 amide bonds. The van der Waals surface area contributed by atoms with Gasteiger partial charge in [0.1, 0.15) is 0 Å². The molecule has 0 aliphatic heterocycles. The molecule has 0 aromatic carbocycles. The molecule has 0 spiro atoms. The number of ether oxygens (including phenoxy) is 1. The summed E-state index contributed by atoms with van der Waals surface area (Å²) in [5, 5.41) is 2.64. The fourth-order valence-electron chi connectivity index (χ4n) is 1.56. The van der Waals surface area contributed by atoms with Crippen LogP contribution in [0.15, 0.2) is 12.2 Å². The summed E-state index contributed by atoms with van der Waals surface area (Å²) < 4.78 is 4.90. The third kappa shape index (κ3) is 3.60. The Morgan fingerprint density at radius 3 is 2.93 bits per heavy atom. The quantitative estimate of drug-likeness (QED) is 0.396. The molecule has 1 rings (SSSR count). The first-order valence-corrected chi connectivity index (χ1v) is 4.71. The van der Waals surface area contributed by atoms with Gasteiger partial charge in [0, 0.05) is 19.4 Å². The maximum absolute atomic E-state index is 10.5. The zero-order chi connectivity index (χ0) is 10.4. The predicted molar refractivity (Wildman–Crippen MR) is 51.4 cm³/mol. The van der Waals surface area contributed by atoms with E-state index in [1.807, 2.05) is 6.08 Å². The lowest BCUT2D eigenvalue weighted by Gasteiger charge is -2.11. The van der Waals surface area contributed by atoms with E-state index in [0.717, 1.165) is 6.42 Å². The van der Waals surface area contributed by atoms with Crippen molar-refractivity contribution in [3.63, 3.8) is 0 Å². The maximum atomic E-state index is 10.5. The van der Waals surface area contributed by atoms with Gasteiger partial charge in [-0.05, 0) is 12.3 Å². The van der Waals surface area contributed by atoms with Gasteiger partial charge in [-0.25, -0.2) is 0 Å². The smallest absolute Gasteiger partial charge is 0.302 e. The normalized spacial score (nSPS) is 24.6. The zero-order valence-electron chi connectivity index (χ0n) is 8.23. The van der Waals surface area contributed by atoms with Crippen molar-refractivity contribution < 1.29 is 14.3 Å². The van der Waals surface area contributed by atoms with Crippen LogP contribution in [0.25, 0.3) is 0 Å². The topological polar surface area (TPSA) is 55.4 Å². The van der Waals surface area contributed by atoms with Gasteiger partial charge in [0.15, 0.2) is 0 Å². The van der Waals surface area contributed by atoms with Crippen molar-refractivity contribution in [2.45, 2.75) is 13.3 Å². The summed E-state index contributed by atoms with van der Waals surface area (Å²) in [6, 6.07) is 0. The maximum Gasteiger partial charge on any atom is 0.302 e. The van der Waals surface area contributed by atoms with Crippen LogP contribution in [0, 0.1) is 11.8 Å². The van der Waals surface area contributed by atoms with Gasteiger partial charge < -0.3 is 10.1 Å². The molecule has 1 aliphatic carbocycles. The number of carbonyl (C=O) groups is 2. The SMILES string of the molecule is CC(=O)OC[C@@H]1C=C[C@H](CNC=O)C1. The molecule has 0 saturated carbocycles. The van der Waals surface area contributed by atoms with E-state index < -0.39 is 0 Å². The predicted octanol–water partition coefficient (Wildman–Crippen LogP) is 0.488. The number of esters is 1. The summed E-state index contributed by atoms with van der Waals surface area (Å²) in [4.78, 5) is 20.6. The summed E-state index contributed by atoms with van der Waals surface area (Å²) in [6.45, 7) is 2.52. The third-order valence-corrected chi connectivity index (χ3v) is 2.22. The van der Waals surface area contributed by atoms with Crippen molar-refractivity contribution in [1.29, 1.82) is 0 Å². The Labute approximate surface area is 83.3 Å². The van der Waals surface area contributed by atoms with Crippen LogP contribution in [0.2, 0.25) is 0 Å². The molecular formula is C10H15NO3.